The van der Waals surface area contributed by atoms with E-state index in [0.717, 1.165) is 18.7 Å². The average molecular weight is 280 g/mol. The molecule has 7 nitrogen and oxygen atoms in total. The maximum absolute atomic E-state index is 11.2. The largest absolute Gasteiger partial charge is 0.379 e. The van der Waals surface area contributed by atoms with Gasteiger partial charge in [-0.3, -0.25) is 9.69 Å². The Labute approximate surface area is 117 Å². The number of hydrogen-bond acceptors (Lipinski definition) is 6. The zero-order chi connectivity index (χ0) is 14.2. The van der Waals surface area contributed by atoms with Crippen molar-refractivity contribution in [2.45, 2.75) is 50.2 Å². The van der Waals surface area contributed by atoms with Gasteiger partial charge in [0.1, 0.15) is 0 Å². The van der Waals surface area contributed by atoms with E-state index in [2.05, 4.69) is 10.1 Å². The number of aromatic nitrogens is 2. The first-order chi connectivity index (χ1) is 9.57. The second-order valence-corrected chi connectivity index (χ2v) is 5.88. The number of nitrogens with two attached hydrogens (primary N) is 1. The van der Waals surface area contributed by atoms with Crippen LogP contribution in [0.15, 0.2) is 4.52 Å². The number of carbonyl (C=O) groups excluding carboxylic acids is 1. The first-order valence-corrected chi connectivity index (χ1v) is 7.14. The van der Waals surface area contributed by atoms with Gasteiger partial charge in [-0.15, -0.1) is 0 Å². The molecule has 20 heavy (non-hydrogen) atoms. The van der Waals surface area contributed by atoms with E-state index in [4.69, 9.17) is 10.3 Å². The zero-order valence-corrected chi connectivity index (χ0v) is 11.4. The molecule has 110 valence electrons. The highest BCUT2D eigenvalue weighted by Crippen LogP contribution is 2.32. The van der Waals surface area contributed by atoms with Crippen molar-refractivity contribution in [3.05, 3.63) is 11.7 Å². The van der Waals surface area contributed by atoms with E-state index in [0.29, 0.717) is 31.3 Å². The van der Waals surface area contributed by atoms with Gasteiger partial charge in [0.25, 0.3) is 5.91 Å². The van der Waals surface area contributed by atoms with Crippen LogP contribution in [-0.4, -0.2) is 44.7 Å². The summed E-state index contributed by atoms with van der Waals surface area (Å²) in [6.45, 7) is 1.28. The van der Waals surface area contributed by atoms with Crippen LogP contribution >= 0.6 is 0 Å². The molecule has 2 aliphatic rings. The first-order valence-electron chi connectivity index (χ1n) is 7.14. The smallest absolute Gasteiger partial charge is 0.250 e. The van der Waals surface area contributed by atoms with Crippen LogP contribution < -0.4 is 5.73 Å². The molecule has 1 unspecified atom stereocenters. The lowest BCUT2D eigenvalue weighted by atomic mass is 10.0. The fraction of sp³-hybridized carbons (Fsp3) is 0.769. The minimum absolute atomic E-state index is 0.226. The predicted octanol–water partition coefficient (Wildman–Crippen LogP) is 0.149. The third-order valence-electron chi connectivity index (χ3n) is 4.35. The van der Waals surface area contributed by atoms with E-state index in [9.17, 15) is 9.90 Å². The van der Waals surface area contributed by atoms with Crippen molar-refractivity contribution >= 4 is 5.91 Å². The third-order valence-corrected chi connectivity index (χ3v) is 4.35. The number of aliphatic hydroxyl groups is 1. The number of carbonyl (C=O) groups is 1. The number of nitrogens with zero attached hydrogens (tertiary/aromatic N) is 3. The van der Waals surface area contributed by atoms with E-state index < -0.39 is 11.5 Å². The highest BCUT2D eigenvalue weighted by atomic mass is 16.5. The van der Waals surface area contributed by atoms with Crippen LogP contribution in [0.25, 0.3) is 0 Å². The maximum atomic E-state index is 11.2. The molecule has 1 saturated carbocycles. The standard InChI is InChI=1S/C13H20N4O3/c14-12(18)13(19)5-6-17(8-13)7-10-15-11(16-20-10)9-3-1-2-4-9/h9,19H,1-8H2,(H2,14,18). The Balaban J connectivity index is 1.60. The van der Waals surface area contributed by atoms with Crippen molar-refractivity contribution in [1.82, 2.24) is 15.0 Å². The van der Waals surface area contributed by atoms with Gasteiger partial charge in [-0.05, 0) is 19.3 Å². The van der Waals surface area contributed by atoms with E-state index >= 15 is 0 Å². The zero-order valence-electron chi connectivity index (χ0n) is 11.4. The molecule has 1 amide bonds. The first kappa shape index (κ1) is 13.5. The SMILES string of the molecule is NC(=O)C1(O)CCN(Cc2nc(C3CCCC3)no2)C1. The fourth-order valence-electron chi connectivity index (χ4n) is 3.08. The molecule has 2 heterocycles. The molecule has 0 radical (unpaired) electrons. The highest BCUT2D eigenvalue weighted by Gasteiger charge is 2.41. The minimum Gasteiger partial charge on any atom is -0.379 e. The molecule has 1 atom stereocenters. The lowest BCUT2D eigenvalue weighted by molar-refractivity contribution is -0.135. The van der Waals surface area contributed by atoms with Crippen LogP contribution in [0.1, 0.15) is 49.7 Å². The number of likely N-dealkylation sites (tertiary alicyclic amines) is 1. The van der Waals surface area contributed by atoms with Gasteiger partial charge in [0.15, 0.2) is 11.4 Å². The molecule has 1 saturated heterocycles. The number of amides is 1. The van der Waals surface area contributed by atoms with Gasteiger partial charge in [-0.2, -0.15) is 4.98 Å². The molecule has 0 spiro atoms. The molecule has 2 fully saturated rings. The molecular weight excluding hydrogens is 260 g/mol. The molecule has 0 bridgehead atoms. The van der Waals surface area contributed by atoms with Crippen molar-refractivity contribution in [2.24, 2.45) is 5.73 Å². The molecule has 1 aromatic rings. The summed E-state index contributed by atoms with van der Waals surface area (Å²) < 4.78 is 5.27. The normalized spacial score (nSPS) is 28.2. The fourth-order valence-corrected chi connectivity index (χ4v) is 3.08. The van der Waals surface area contributed by atoms with E-state index in [1.165, 1.54) is 12.8 Å². The van der Waals surface area contributed by atoms with Crippen LogP contribution in [0.3, 0.4) is 0 Å². The van der Waals surface area contributed by atoms with Crippen LogP contribution in [-0.2, 0) is 11.3 Å². The Morgan fingerprint density at radius 2 is 2.25 bits per heavy atom. The average Bonchev–Trinajstić information content (AvgIpc) is 3.10. The minimum atomic E-state index is -1.42. The van der Waals surface area contributed by atoms with Crippen LogP contribution in [0.5, 0.6) is 0 Å². The summed E-state index contributed by atoms with van der Waals surface area (Å²) in [7, 11) is 0. The second kappa shape index (κ2) is 5.14. The van der Waals surface area contributed by atoms with Gasteiger partial charge in [0.05, 0.1) is 6.54 Å². The number of β-amino-alcohol motifs (C(OH)–C–C–N with tert-alkyl or cyclic N) is 1. The quantitative estimate of drug-likeness (QED) is 0.813. The van der Waals surface area contributed by atoms with E-state index in [1.807, 2.05) is 4.90 Å². The van der Waals surface area contributed by atoms with Crippen molar-refractivity contribution in [1.29, 1.82) is 0 Å². The lowest BCUT2D eigenvalue weighted by Crippen LogP contribution is -2.45. The van der Waals surface area contributed by atoms with Gasteiger partial charge in [0.2, 0.25) is 5.89 Å². The van der Waals surface area contributed by atoms with Crippen molar-refractivity contribution in [2.75, 3.05) is 13.1 Å². The van der Waals surface area contributed by atoms with Crippen LogP contribution in [0.2, 0.25) is 0 Å². The summed E-state index contributed by atoms with van der Waals surface area (Å²) in [5.41, 5.74) is 3.79. The molecule has 7 heteroatoms. The number of rotatable bonds is 4. The third kappa shape index (κ3) is 2.55. The van der Waals surface area contributed by atoms with E-state index in [1.54, 1.807) is 0 Å². The summed E-state index contributed by atoms with van der Waals surface area (Å²) in [4.78, 5) is 17.5. The van der Waals surface area contributed by atoms with Crippen molar-refractivity contribution in [3.63, 3.8) is 0 Å². The van der Waals surface area contributed by atoms with Crippen LogP contribution in [0, 0.1) is 0 Å². The molecule has 1 aromatic heterocycles. The van der Waals surface area contributed by atoms with Gasteiger partial charge < -0.3 is 15.4 Å². The second-order valence-electron chi connectivity index (χ2n) is 5.88. The van der Waals surface area contributed by atoms with Gasteiger partial charge in [-0.1, -0.05) is 18.0 Å². The summed E-state index contributed by atoms with van der Waals surface area (Å²) in [6, 6.07) is 0. The molecule has 0 aromatic carbocycles. The highest BCUT2D eigenvalue weighted by molar-refractivity contribution is 5.83. The molecular formula is C13H20N4O3. The Hall–Kier alpha value is -1.47. The monoisotopic (exact) mass is 280 g/mol. The van der Waals surface area contributed by atoms with Gasteiger partial charge in [0, 0.05) is 19.0 Å². The Kier molecular flexibility index (Phi) is 3.47. The Morgan fingerprint density at radius 1 is 1.50 bits per heavy atom. The topological polar surface area (TPSA) is 105 Å². The Morgan fingerprint density at radius 3 is 2.90 bits per heavy atom. The van der Waals surface area contributed by atoms with Crippen molar-refractivity contribution in [3.8, 4) is 0 Å². The maximum Gasteiger partial charge on any atom is 0.250 e. The molecule has 1 aliphatic carbocycles. The molecule has 3 N–H and O–H groups in total. The number of hydrogen-bond donors (Lipinski definition) is 2. The van der Waals surface area contributed by atoms with Crippen molar-refractivity contribution < 1.29 is 14.4 Å². The van der Waals surface area contributed by atoms with E-state index in [-0.39, 0.29) is 6.54 Å². The summed E-state index contributed by atoms with van der Waals surface area (Å²) in [5.74, 6) is 1.09. The predicted molar refractivity (Wildman–Crippen MR) is 69.5 cm³/mol. The molecule has 1 aliphatic heterocycles. The molecule has 3 rings (SSSR count). The lowest BCUT2D eigenvalue weighted by Gasteiger charge is -2.18. The number of primary amides is 1. The Bertz CT molecular complexity index is 498. The summed E-state index contributed by atoms with van der Waals surface area (Å²) in [5, 5.41) is 14.1. The summed E-state index contributed by atoms with van der Waals surface area (Å²) in [6.07, 6.45) is 5.07. The summed E-state index contributed by atoms with van der Waals surface area (Å²) >= 11 is 0. The van der Waals surface area contributed by atoms with Crippen LogP contribution in [0.4, 0.5) is 0 Å². The van der Waals surface area contributed by atoms with Gasteiger partial charge in [-0.25, -0.2) is 0 Å². The van der Waals surface area contributed by atoms with Gasteiger partial charge >= 0.3 is 0 Å².